The van der Waals surface area contributed by atoms with Gasteiger partial charge in [0.05, 0.1) is 0 Å². The molecule has 8 nitrogen and oxygen atoms in total. The van der Waals surface area contributed by atoms with Crippen molar-refractivity contribution in [2.75, 3.05) is 0 Å². The predicted molar refractivity (Wildman–Crippen MR) is 233 cm³/mol. The van der Waals surface area contributed by atoms with E-state index in [2.05, 4.69) is 0 Å². The number of carbonyl (C=O) groups excluding carboxylic acids is 2. The predicted octanol–water partition coefficient (Wildman–Crippen LogP) is 13.1. The van der Waals surface area contributed by atoms with Gasteiger partial charge in [0.25, 0.3) is 0 Å². The van der Waals surface area contributed by atoms with Crippen molar-refractivity contribution >= 4 is 45.7 Å². The van der Waals surface area contributed by atoms with Crippen LogP contribution in [0.2, 0.25) is 0 Å². The molecule has 0 aromatic heterocycles. The number of ketones is 2. The molecular formula is C50H42N4O4-2. The molecule has 6 aromatic rings. The van der Waals surface area contributed by atoms with Gasteiger partial charge >= 0.3 is 0 Å². The number of para-hydroxylation sites is 4. The molecule has 0 bridgehead atoms. The van der Waals surface area contributed by atoms with Crippen LogP contribution >= 0.6 is 0 Å². The molecule has 1 heterocycles. The van der Waals surface area contributed by atoms with Gasteiger partial charge in [-0.1, -0.05) is 111 Å². The van der Waals surface area contributed by atoms with Gasteiger partial charge < -0.3 is 20.1 Å². The molecule has 288 valence electrons. The largest absolute Gasteiger partial charge is 0.659 e. The van der Waals surface area contributed by atoms with E-state index in [1.807, 2.05) is 109 Å². The fourth-order valence-electron chi connectivity index (χ4n) is 6.61. The SMILES string of the molecule is CC1=Nc2ccccc2[N-]/C(C)=C(/C(=O)c2ccc(OCc3ccccc3)cc2)C(C)=Nc2ccccc2[N-]/C(C)=C\1C(=O)c1ccc(OCc2ccccc2)cc1. The Morgan fingerprint density at radius 1 is 0.448 bits per heavy atom. The van der Waals surface area contributed by atoms with E-state index in [0.717, 1.165) is 11.1 Å². The van der Waals surface area contributed by atoms with E-state index in [0.29, 0.717) is 92.6 Å². The van der Waals surface area contributed by atoms with E-state index in [1.54, 1.807) is 76.2 Å². The summed E-state index contributed by atoms with van der Waals surface area (Å²) in [7, 11) is 0. The van der Waals surface area contributed by atoms with Crippen molar-refractivity contribution in [2.45, 2.75) is 40.9 Å². The lowest BCUT2D eigenvalue weighted by Crippen LogP contribution is -2.14. The topological polar surface area (TPSA) is 106 Å². The molecule has 6 aromatic carbocycles. The minimum absolute atomic E-state index is 0.240. The van der Waals surface area contributed by atoms with E-state index in [9.17, 15) is 9.59 Å². The van der Waals surface area contributed by atoms with Gasteiger partial charge in [-0.2, -0.15) is 0 Å². The molecular weight excluding hydrogens is 721 g/mol. The molecule has 0 spiro atoms. The summed E-state index contributed by atoms with van der Waals surface area (Å²) in [5.74, 6) is 0.819. The Morgan fingerprint density at radius 2 is 0.793 bits per heavy atom. The quantitative estimate of drug-likeness (QED) is 0.130. The Balaban J connectivity index is 1.23. The molecule has 0 saturated carbocycles. The Morgan fingerprint density at radius 3 is 1.17 bits per heavy atom. The lowest BCUT2D eigenvalue weighted by Gasteiger charge is -2.30. The van der Waals surface area contributed by atoms with Gasteiger partial charge in [0.2, 0.25) is 0 Å². The molecule has 0 atom stereocenters. The van der Waals surface area contributed by atoms with Gasteiger partial charge in [-0.15, -0.1) is 22.8 Å². The fraction of sp³-hybridized carbons (Fsp3) is 0.120. The number of rotatable bonds is 10. The smallest absolute Gasteiger partial charge is 0.193 e. The van der Waals surface area contributed by atoms with Gasteiger partial charge in [-0.05, 0) is 85.6 Å². The summed E-state index contributed by atoms with van der Waals surface area (Å²) in [5.41, 5.74) is 7.66. The maximum atomic E-state index is 14.4. The average Bonchev–Trinajstić information content (AvgIpc) is 3.24. The number of carbonyl (C=O) groups is 2. The van der Waals surface area contributed by atoms with E-state index in [1.165, 1.54) is 0 Å². The van der Waals surface area contributed by atoms with Crippen LogP contribution < -0.4 is 9.47 Å². The zero-order valence-electron chi connectivity index (χ0n) is 32.8. The molecule has 58 heavy (non-hydrogen) atoms. The molecule has 0 saturated heterocycles. The summed E-state index contributed by atoms with van der Waals surface area (Å²) >= 11 is 0. The monoisotopic (exact) mass is 762 g/mol. The summed E-state index contributed by atoms with van der Waals surface area (Å²) in [6.07, 6.45) is 0. The van der Waals surface area contributed by atoms with Gasteiger partial charge in [0.1, 0.15) is 24.7 Å². The first-order valence-corrected chi connectivity index (χ1v) is 19.0. The number of nitrogens with zero attached hydrogens (tertiary/aromatic N) is 4. The molecule has 0 aliphatic carbocycles. The molecule has 7 rings (SSSR count). The van der Waals surface area contributed by atoms with Crippen molar-refractivity contribution in [2.24, 2.45) is 9.98 Å². The molecule has 1 aliphatic heterocycles. The second-order valence-electron chi connectivity index (χ2n) is 13.8. The van der Waals surface area contributed by atoms with Crippen LogP contribution in [0.5, 0.6) is 11.5 Å². The van der Waals surface area contributed by atoms with Crippen LogP contribution in [0.25, 0.3) is 10.6 Å². The molecule has 0 unspecified atom stereocenters. The summed E-state index contributed by atoms with van der Waals surface area (Å²) in [5, 5.41) is 9.96. The zero-order chi connectivity index (χ0) is 40.4. The summed E-state index contributed by atoms with van der Waals surface area (Å²) in [6, 6.07) is 48.8. The minimum atomic E-state index is -0.240. The highest BCUT2D eigenvalue weighted by Gasteiger charge is 2.19. The first kappa shape index (κ1) is 38.9. The summed E-state index contributed by atoms with van der Waals surface area (Å²) in [4.78, 5) is 38.8. The first-order chi connectivity index (χ1) is 28.2. The molecule has 0 fully saturated rings. The Labute approximate surface area is 339 Å². The Kier molecular flexibility index (Phi) is 12.1. The van der Waals surface area contributed by atoms with Crippen molar-refractivity contribution < 1.29 is 19.1 Å². The van der Waals surface area contributed by atoms with Crippen LogP contribution in [0.4, 0.5) is 22.7 Å². The van der Waals surface area contributed by atoms with Crippen molar-refractivity contribution in [1.29, 1.82) is 0 Å². The second kappa shape index (κ2) is 18.1. The van der Waals surface area contributed by atoms with Crippen LogP contribution in [0.3, 0.4) is 0 Å². The van der Waals surface area contributed by atoms with E-state index in [4.69, 9.17) is 30.1 Å². The van der Waals surface area contributed by atoms with E-state index in [-0.39, 0.29) is 11.6 Å². The third-order valence-electron chi connectivity index (χ3n) is 9.55. The highest BCUT2D eigenvalue weighted by Crippen LogP contribution is 2.40. The average molecular weight is 763 g/mol. The van der Waals surface area contributed by atoms with Gasteiger partial charge in [0.15, 0.2) is 11.6 Å². The van der Waals surface area contributed by atoms with Crippen molar-refractivity contribution in [1.82, 2.24) is 0 Å². The minimum Gasteiger partial charge on any atom is -0.659 e. The number of fused-ring (bicyclic) bond motifs is 2. The highest BCUT2D eigenvalue weighted by atomic mass is 16.5. The third kappa shape index (κ3) is 9.37. The highest BCUT2D eigenvalue weighted by molar-refractivity contribution is 6.30. The maximum Gasteiger partial charge on any atom is 0.193 e. The number of hydrogen-bond acceptors (Lipinski definition) is 6. The molecule has 1 aliphatic rings. The van der Waals surface area contributed by atoms with Crippen LogP contribution in [0, 0.1) is 0 Å². The van der Waals surface area contributed by atoms with Gasteiger partial charge in [0, 0.05) is 45.1 Å². The molecule has 0 radical (unpaired) electrons. The number of hydrogen-bond donors (Lipinski definition) is 0. The maximum absolute atomic E-state index is 14.4. The molecule has 0 amide bonds. The number of ether oxygens (including phenoxy) is 2. The molecule has 0 N–H and O–H groups in total. The van der Waals surface area contributed by atoms with Crippen molar-refractivity contribution in [3.05, 3.63) is 213 Å². The first-order valence-electron chi connectivity index (χ1n) is 19.0. The van der Waals surface area contributed by atoms with Gasteiger partial charge in [-0.25, -0.2) is 0 Å². The summed E-state index contributed by atoms with van der Waals surface area (Å²) < 4.78 is 12.0. The van der Waals surface area contributed by atoms with Crippen LogP contribution in [-0.4, -0.2) is 23.0 Å². The van der Waals surface area contributed by atoms with Crippen LogP contribution in [-0.2, 0) is 13.2 Å². The third-order valence-corrected chi connectivity index (χ3v) is 9.55. The number of benzene rings is 6. The standard InChI is InChI=1S/C50H44N4O4/c1-33-47(49(55)39-23-27-41(28-24-39)57-31-37-15-7-5-8-16-37)34(2)52-45-21-13-14-22-46(45)54-36(4)48(35(3)53-44-20-12-11-19-43(44)51-33)50(56)40-25-29-42(30-26-40)58-32-38-17-9-6-10-18-38/h5-30H,31-32H2,1-4H3,(H2,51,52,53,54,55,56)/p-2. The van der Waals surface area contributed by atoms with Crippen molar-refractivity contribution in [3.63, 3.8) is 0 Å². The normalized spacial score (nSPS) is 15.6. The Bertz CT molecular complexity index is 2370. The van der Waals surface area contributed by atoms with E-state index < -0.39 is 0 Å². The fourth-order valence-corrected chi connectivity index (χ4v) is 6.61. The molecule has 8 heteroatoms. The second-order valence-corrected chi connectivity index (χ2v) is 13.8. The lowest BCUT2D eigenvalue weighted by atomic mass is 9.97. The van der Waals surface area contributed by atoms with Crippen LogP contribution in [0.15, 0.2) is 190 Å². The summed E-state index contributed by atoms with van der Waals surface area (Å²) in [6.45, 7) is 8.02. The number of Topliss-reactive ketones (excluding diaryl/α,β-unsaturated/α-hetero) is 2. The lowest BCUT2D eigenvalue weighted by molar-refractivity contribution is 0.103. The Hall–Kier alpha value is -7.32. The van der Waals surface area contributed by atoms with Gasteiger partial charge in [-0.3, -0.25) is 19.6 Å². The number of aliphatic imine (C=N–C) groups is 2. The number of allylic oxidation sites excluding steroid dienone is 4. The zero-order valence-corrected chi connectivity index (χ0v) is 32.8. The van der Waals surface area contributed by atoms with E-state index >= 15 is 0 Å². The van der Waals surface area contributed by atoms with Crippen LogP contribution in [0.1, 0.15) is 59.5 Å². The van der Waals surface area contributed by atoms with Crippen molar-refractivity contribution in [3.8, 4) is 11.5 Å².